The molecule has 0 saturated carbocycles. The topological polar surface area (TPSA) is 72.6 Å². The maximum atomic E-state index is 13.0. The lowest BCUT2D eigenvalue weighted by atomic mass is 10.1. The molecule has 1 aromatic carbocycles. The summed E-state index contributed by atoms with van der Waals surface area (Å²) in [5.41, 5.74) is 8.78. The number of hydrogen-bond acceptors (Lipinski definition) is 4. The number of morpholine rings is 1. The molecular weight excluding hydrogens is 288 g/mol. The fourth-order valence-corrected chi connectivity index (χ4v) is 5.01. The van der Waals surface area contributed by atoms with Crippen LogP contribution in [0.2, 0.25) is 0 Å². The van der Waals surface area contributed by atoms with E-state index < -0.39 is 10.0 Å². The number of rotatable bonds is 2. The molecular formula is C15H24N2O3S. The first-order chi connectivity index (χ1) is 9.64. The van der Waals surface area contributed by atoms with Gasteiger partial charge < -0.3 is 10.5 Å². The van der Waals surface area contributed by atoms with E-state index >= 15 is 0 Å². The van der Waals surface area contributed by atoms with E-state index in [1.165, 1.54) is 4.31 Å². The van der Waals surface area contributed by atoms with Crippen LogP contribution in [0.15, 0.2) is 11.0 Å². The van der Waals surface area contributed by atoms with Crippen LogP contribution in [0.3, 0.4) is 0 Å². The molecule has 0 bridgehead atoms. The first kappa shape index (κ1) is 16.3. The fourth-order valence-electron chi connectivity index (χ4n) is 2.88. The molecule has 1 fully saturated rings. The van der Waals surface area contributed by atoms with Crippen LogP contribution in [0.5, 0.6) is 0 Å². The van der Waals surface area contributed by atoms with Crippen LogP contribution in [0.1, 0.15) is 30.5 Å². The van der Waals surface area contributed by atoms with Crippen LogP contribution < -0.4 is 5.73 Å². The summed E-state index contributed by atoms with van der Waals surface area (Å²) in [5, 5.41) is 0. The maximum Gasteiger partial charge on any atom is 0.243 e. The van der Waals surface area contributed by atoms with Gasteiger partial charge in [0.2, 0.25) is 10.0 Å². The molecule has 21 heavy (non-hydrogen) atoms. The third kappa shape index (κ3) is 2.93. The Morgan fingerprint density at radius 1 is 1.14 bits per heavy atom. The van der Waals surface area contributed by atoms with Gasteiger partial charge in [-0.15, -0.1) is 0 Å². The molecule has 2 N–H and O–H groups in total. The van der Waals surface area contributed by atoms with Gasteiger partial charge in [0.05, 0.1) is 17.1 Å². The Morgan fingerprint density at radius 3 is 2.19 bits per heavy atom. The van der Waals surface area contributed by atoms with E-state index in [2.05, 4.69) is 0 Å². The van der Waals surface area contributed by atoms with Crippen LogP contribution in [0, 0.1) is 20.8 Å². The summed E-state index contributed by atoms with van der Waals surface area (Å²) < 4.78 is 33.2. The summed E-state index contributed by atoms with van der Waals surface area (Å²) in [6.45, 7) is 10.0. The average Bonchev–Trinajstić information content (AvgIpc) is 2.35. The quantitative estimate of drug-likeness (QED) is 0.848. The van der Waals surface area contributed by atoms with Crippen LogP contribution in [0.4, 0.5) is 5.69 Å². The van der Waals surface area contributed by atoms with E-state index in [0.29, 0.717) is 29.2 Å². The summed E-state index contributed by atoms with van der Waals surface area (Å²) >= 11 is 0. The molecule has 5 nitrogen and oxygen atoms in total. The molecule has 1 aliphatic rings. The molecule has 0 spiro atoms. The first-order valence-electron chi connectivity index (χ1n) is 7.16. The Balaban J connectivity index is 2.55. The largest absolute Gasteiger partial charge is 0.398 e. The number of sulfonamides is 1. The zero-order valence-corrected chi connectivity index (χ0v) is 14.1. The monoisotopic (exact) mass is 312 g/mol. The van der Waals surface area contributed by atoms with Crippen molar-refractivity contribution in [2.45, 2.75) is 51.7 Å². The average molecular weight is 312 g/mol. The van der Waals surface area contributed by atoms with Gasteiger partial charge in [0.1, 0.15) is 0 Å². The number of hydrogen-bond donors (Lipinski definition) is 1. The van der Waals surface area contributed by atoms with Crippen LogP contribution in [0.25, 0.3) is 0 Å². The normalized spacial score (nSPS) is 24.2. The minimum Gasteiger partial charge on any atom is -0.398 e. The molecule has 1 heterocycles. The Hall–Kier alpha value is -1.11. The van der Waals surface area contributed by atoms with Gasteiger partial charge in [0.25, 0.3) is 0 Å². The zero-order chi connectivity index (χ0) is 15.9. The third-order valence-corrected chi connectivity index (χ3v) is 6.17. The van der Waals surface area contributed by atoms with Crippen LogP contribution in [-0.2, 0) is 14.8 Å². The SMILES string of the molecule is Cc1cc(N)c(C)c(S(=O)(=O)N2C[C@@H](C)O[C@@H](C)C2)c1C. The standard InChI is InChI=1S/C15H24N2O3S/c1-9-6-14(16)13(5)15(12(9)4)21(18,19)17-7-10(2)20-11(3)8-17/h6,10-11H,7-8,16H2,1-5H3/t10-,11+. The number of aryl methyl sites for hydroxylation is 1. The summed E-state index contributed by atoms with van der Waals surface area (Å²) in [5.74, 6) is 0. The van der Waals surface area contributed by atoms with Crippen molar-refractivity contribution in [1.82, 2.24) is 4.31 Å². The van der Waals surface area contributed by atoms with Crippen molar-refractivity contribution in [3.63, 3.8) is 0 Å². The number of nitrogen functional groups attached to an aromatic ring is 1. The van der Waals surface area contributed by atoms with E-state index in [-0.39, 0.29) is 12.2 Å². The molecule has 2 atom stereocenters. The van der Waals surface area contributed by atoms with E-state index in [1.807, 2.05) is 33.8 Å². The van der Waals surface area contributed by atoms with Crippen LogP contribution in [-0.4, -0.2) is 38.0 Å². The lowest BCUT2D eigenvalue weighted by molar-refractivity contribution is -0.0441. The van der Waals surface area contributed by atoms with Gasteiger partial charge in [-0.2, -0.15) is 4.31 Å². The molecule has 0 aromatic heterocycles. The van der Waals surface area contributed by atoms with Gasteiger partial charge in [-0.25, -0.2) is 8.42 Å². The second kappa shape index (κ2) is 5.59. The van der Waals surface area contributed by atoms with Gasteiger partial charge >= 0.3 is 0 Å². The fraction of sp³-hybridized carbons (Fsp3) is 0.600. The van der Waals surface area contributed by atoms with Crippen molar-refractivity contribution in [2.24, 2.45) is 0 Å². The smallest absolute Gasteiger partial charge is 0.243 e. The number of nitrogens with zero attached hydrogens (tertiary/aromatic N) is 1. The predicted octanol–water partition coefficient (Wildman–Crippen LogP) is 1.99. The van der Waals surface area contributed by atoms with Gasteiger partial charge in [-0.05, 0) is 57.4 Å². The highest BCUT2D eigenvalue weighted by Crippen LogP contribution is 2.31. The predicted molar refractivity (Wildman–Crippen MR) is 83.8 cm³/mol. The van der Waals surface area contributed by atoms with E-state index in [1.54, 1.807) is 6.92 Å². The minimum atomic E-state index is -3.56. The summed E-state index contributed by atoms with van der Waals surface area (Å²) in [6.07, 6.45) is -0.211. The van der Waals surface area contributed by atoms with Crippen LogP contribution >= 0.6 is 0 Å². The molecule has 1 aliphatic heterocycles. The van der Waals surface area contributed by atoms with Crippen molar-refractivity contribution in [1.29, 1.82) is 0 Å². The molecule has 2 rings (SSSR count). The summed E-state index contributed by atoms with van der Waals surface area (Å²) in [4.78, 5) is 0.348. The maximum absolute atomic E-state index is 13.0. The molecule has 1 aromatic rings. The van der Waals surface area contributed by atoms with Crippen molar-refractivity contribution < 1.29 is 13.2 Å². The molecule has 0 aliphatic carbocycles. The summed E-state index contributed by atoms with van der Waals surface area (Å²) in [7, 11) is -3.56. The van der Waals surface area contributed by atoms with Crippen molar-refractivity contribution >= 4 is 15.7 Å². The second-order valence-electron chi connectivity index (χ2n) is 5.94. The van der Waals surface area contributed by atoms with E-state index in [9.17, 15) is 8.42 Å². The number of ether oxygens (including phenoxy) is 1. The van der Waals surface area contributed by atoms with E-state index in [4.69, 9.17) is 10.5 Å². The molecule has 0 unspecified atom stereocenters. The van der Waals surface area contributed by atoms with Crippen molar-refractivity contribution in [3.05, 3.63) is 22.8 Å². The van der Waals surface area contributed by atoms with Gasteiger partial charge in [0, 0.05) is 18.8 Å². The lowest BCUT2D eigenvalue weighted by Gasteiger charge is -2.35. The lowest BCUT2D eigenvalue weighted by Crippen LogP contribution is -2.48. The number of nitrogens with two attached hydrogens (primary N) is 1. The first-order valence-corrected chi connectivity index (χ1v) is 8.60. The Bertz CT molecular complexity index is 619. The van der Waals surface area contributed by atoms with Gasteiger partial charge in [0.15, 0.2) is 0 Å². The van der Waals surface area contributed by atoms with Gasteiger partial charge in [-0.3, -0.25) is 0 Å². The Morgan fingerprint density at radius 2 is 1.67 bits per heavy atom. The number of anilines is 1. The highest BCUT2D eigenvalue weighted by Gasteiger charge is 2.34. The summed E-state index contributed by atoms with van der Waals surface area (Å²) in [6, 6.07) is 1.83. The minimum absolute atomic E-state index is 0.105. The highest BCUT2D eigenvalue weighted by atomic mass is 32.2. The van der Waals surface area contributed by atoms with Crippen molar-refractivity contribution in [2.75, 3.05) is 18.8 Å². The Labute approximate surface area is 127 Å². The number of benzene rings is 1. The van der Waals surface area contributed by atoms with Gasteiger partial charge in [-0.1, -0.05) is 0 Å². The molecule has 0 radical (unpaired) electrons. The third-order valence-electron chi connectivity index (χ3n) is 4.06. The highest BCUT2D eigenvalue weighted by molar-refractivity contribution is 7.89. The molecule has 0 amide bonds. The van der Waals surface area contributed by atoms with E-state index in [0.717, 1.165) is 11.1 Å². The molecule has 1 saturated heterocycles. The zero-order valence-electron chi connectivity index (χ0n) is 13.3. The Kier molecular flexibility index (Phi) is 4.33. The van der Waals surface area contributed by atoms with Crippen molar-refractivity contribution in [3.8, 4) is 0 Å². The molecule has 6 heteroatoms. The second-order valence-corrected chi connectivity index (χ2v) is 7.82. The molecule has 118 valence electrons.